The van der Waals surface area contributed by atoms with Crippen molar-refractivity contribution in [2.45, 2.75) is 50.2 Å². The van der Waals surface area contributed by atoms with Gasteiger partial charge in [0.15, 0.2) is 0 Å². The van der Waals surface area contributed by atoms with Gasteiger partial charge in [0.25, 0.3) is 5.91 Å². The molecule has 2 aromatic rings. The van der Waals surface area contributed by atoms with Crippen LogP contribution in [-0.2, 0) is 20.8 Å². The molecule has 2 saturated heterocycles. The lowest BCUT2D eigenvalue weighted by Gasteiger charge is -2.44. The molecule has 4 rings (SSSR count). The van der Waals surface area contributed by atoms with E-state index < -0.39 is 29.9 Å². The maximum absolute atomic E-state index is 13.3. The first-order valence-corrected chi connectivity index (χ1v) is 11.2. The zero-order valence-electron chi connectivity index (χ0n) is 18.5. The highest BCUT2D eigenvalue weighted by Gasteiger charge is 2.40. The van der Waals surface area contributed by atoms with Crippen LogP contribution in [0.25, 0.3) is 0 Å². The number of aliphatic hydroxyl groups excluding tert-OH is 1. The number of nitrogens with one attached hydrogen (secondary N) is 1. The number of pyridine rings is 1. The van der Waals surface area contributed by atoms with Crippen molar-refractivity contribution in [1.82, 2.24) is 15.2 Å². The molecular formula is C24H27F2N3O5. The highest BCUT2D eigenvalue weighted by atomic mass is 19.1. The summed E-state index contributed by atoms with van der Waals surface area (Å²) in [5, 5.41) is 12.9. The maximum atomic E-state index is 13.3. The molecule has 1 aromatic heterocycles. The summed E-state index contributed by atoms with van der Waals surface area (Å²) < 4.78 is 38.4. The van der Waals surface area contributed by atoms with E-state index >= 15 is 0 Å². The van der Waals surface area contributed by atoms with Crippen LogP contribution >= 0.6 is 0 Å². The fraction of sp³-hybridized carbons (Fsp3) is 0.458. The lowest BCUT2D eigenvalue weighted by molar-refractivity contribution is -0.151. The Labute approximate surface area is 195 Å². The van der Waals surface area contributed by atoms with Crippen molar-refractivity contribution in [3.05, 3.63) is 65.5 Å². The third-order valence-electron chi connectivity index (χ3n) is 5.99. The van der Waals surface area contributed by atoms with Crippen LogP contribution in [0.5, 0.6) is 0 Å². The minimum Gasteiger partial charge on any atom is -0.389 e. The van der Waals surface area contributed by atoms with Crippen molar-refractivity contribution in [2.24, 2.45) is 0 Å². The van der Waals surface area contributed by atoms with Gasteiger partial charge in [0.2, 0.25) is 5.91 Å². The Balaban J connectivity index is 1.37. The fourth-order valence-corrected chi connectivity index (χ4v) is 4.43. The van der Waals surface area contributed by atoms with Gasteiger partial charge in [-0.05, 0) is 42.7 Å². The van der Waals surface area contributed by atoms with Crippen molar-refractivity contribution < 1.29 is 33.0 Å². The Bertz CT molecular complexity index is 989. The second kappa shape index (κ2) is 11.0. The second-order valence-electron chi connectivity index (χ2n) is 8.58. The van der Waals surface area contributed by atoms with Crippen molar-refractivity contribution in [2.75, 3.05) is 19.8 Å². The van der Waals surface area contributed by atoms with Gasteiger partial charge in [-0.3, -0.25) is 14.6 Å². The van der Waals surface area contributed by atoms with Crippen molar-refractivity contribution in [3.63, 3.8) is 0 Å². The molecule has 4 atom stereocenters. The van der Waals surface area contributed by atoms with Gasteiger partial charge in [0, 0.05) is 37.1 Å². The largest absolute Gasteiger partial charge is 0.389 e. The molecule has 2 aliphatic rings. The summed E-state index contributed by atoms with van der Waals surface area (Å²) in [6.07, 6.45) is 2.59. The minimum atomic E-state index is -0.817. The van der Waals surface area contributed by atoms with Crippen LogP contribution in [0.4, 0.5) is 8.78 Å². The molecule has 2 N–H and O–H groups in total. The molecule has 0 radical (unpaired) electrons. The van der Waals surface area contributed by atoms with Gasteiger partial charge >= 0.3 is 0 Å². The number of halogens is 2. The minimum absolute atomic E-state index is 0.00149. The van der Waals surface area contributed by atoms with E-state index in [0.29, 0.717) is 24.0 Å². The molecule has 3 heterocycles. The van der Waals surface area contributed by atoms with Crippen molar-refractivity contribution >= 4 is 11.8 Å². The Hall–Kier alpha value is -2.95. The number of β-amino-alcohol motifs (C(OH)–C–C–N with tert-alkyl or cyclic N) is 1. The summed E-state index contributed by atoms with van der Waals surface area (Å²) >= 11 is 0. The molecule has 2 aliphatic heterocycles. The number of aliphatic hydroxyl groups is 1. The fourth-order valence-electron chi connectivity index (χ4n) is 4.43. The van der Waals surface area contributed by atoms with Crippen LogP contribution in [0.2, 0.25) is 0 Å². The van der Waals surface area contributed by atoms with E-state index in [1.807, 2.05) is 0 Å². The second-order valence-corrected chi connectivity index (χ2v) is 8.58. The van der Waals surface area contributed by atoms with Gasteiger partial charge in [-0.1, -0.05) is 0 Å². The molecule has 182 valence electrons. The highest BCUT2D eigenvalue weighted by molar-refractivity contribution is 5.94. The number of rotatable bonds is 5. The summed E-state index contributed by atoms with van der Waals surface area (Å²) in [6.45, 7) is 0.368. The average molecular weight is 475 g/mol. The summed E-state index contributed by atoms with van der Waals surface area (Å²) in [7, 11) is 0. The van der Waals surface area contributed by atoms with E-state index in [4.69, 9.17) is 9.47 Å². The quantitative estimate of drug-likeness (QED) is 0.684. The number of aromatic nitrogens is 1. The highest BCUT2D eigenvalue weighted by Crippen LogP contribution is 2.28. The predicted octanol–water partition coefficient (Wildman–Crippen LogP) is 1.82. The van der Waals surface area contributed by atoms with Gasteiger partial charge in [-0.2, -0.15) is 0 Å². The molecule has 0 spiro atoms. The van der Waals surface area contributed by atoms with Gasteiger partial charge in [0.1, 0.15) is 17.7 Å². The zero-order chi connectivity index (χ0) is 24.1. The van der Waals surface area contributed by atoms with Crippen LogP contribution in [0.15, 0.2) is 42.7 Å². The maximum Gasteiger partial charge on any atom is 0.254 e. The summed E-state index contributed by atoms with van der Waals surface area (Å²) in [5.41, 5.74) is 0.797. The first kappa shape index (κ1) is 24.2. The van der Waals surface area contributed by atoms with E-state index in [1.54, 1.807) is 29.4 Å². The number of carbonyl (C=O) groups is 2. The molecule has 34 heavy (non-hydrogen) atoms. The molecule has 0 saturated carbocycles. The molecule has 2 fully saturated rings. The lowest BCUT2D eigenvalue weighted by atomic mass is 9.94. The van der Waals surface area contributed by atoms with Crippen molar-refractivity contribution in [1.29, 1.82) is 0 Å². The number of fused-ring (bicyclic) bond motifs is 1. The number of ether oxygens (including phenoxy) is 2. The first-order chi connectivity index (χ1) is 16.4. The predicted molar refractivity (Wildman–Crippen MR) is 117 cm³/mol. The summed E-state index contributed by atoms with van der Waals surface area (Å²) in [4.78, 5) is 31.2. The zero-order valence-corrected chi connectivity index (χ0v) is 18.5. The Morgan fingerprint density at radius 1 is 1.12 bits per heavy atom. The SMILES string of the molecule is O=C(C[C@H]1CC[C@@H]2[C@H](COC[C@@H](O)CN2C(=O)c2ccncc2)O1)NCc1cc(F)cc(F)c1. The molecule has 0 bridgehead atoms. The van der Waals surface area contributed by atoms with Crippen LogP contribution in [0.1, 0.15) is 35.2 Å². The van der Waals surface area contributed by atoms with Gasteiger partial charge in [0.05, 0.1) is 37.9 Å². The summed E-state index contributed by atoms with van der Waals surface area (Å²) in [5.74, 6) is -1.93. The Kier molecular flexibility index (Phi) is 7.81. The molecular weight excluding hydrogens is 448 g/mol. The van der Waals surface area contributed by atoms with Gasteiger partial charge in [-0.15, -0.1) is 0 Å². The molecule has 10 heteroatoms. The number of hydrogen-bond donors (Lipinski definition) is 2. The van der Waals surface area contributed by atoms with Crippen LogP contribution < -0.4 is 5.32 Å². The van der Waals surface area contributed by atoms with Gasteiger partial charge in [-0.25, -0.2) is 8.78 Å². The van der Waals surface area contributed by atoms with Crippen LogP contribution in [-0.4, -0.2) is 70.9 Å². The molecule has 0 unspecified atom stereocenters. The number of benzene rings is 1. The van der Waals surface area contributed by atoms with Crippen molar-refractivity contribution in [3.8, 4) is 0 Å². The topological polar surface area (TPSA) is 101 Å². The standard InChI is InChI=1S/C24H27F2N3O5/c25-17-7-15(8-18(26)9-17)11-28-23(31)10-20-1-2-21-22(34-20)14-33-13-19(30)12-29(21)24(32)16-3-5-27-6-4-16/h3-9,19-22,30H,1-2,10-14H2,(H,28,31)/t19-,20+,21+,22-/m0/s1. The van der Waals surface area contributed by atoms with E-state index in [1.165, 1.54) is 12.1 Å². The lowest BCUT2D eigenvalue weighted by Crippen LogP contribution is -2.57. The molecule has 1 aromatic carbocycles. The molecule has 2 amide bonds. The number of carbonyl (C=O) groups excluding carboxylic acids is 2. The summed E-state index contributed by atoms with van der Waals surface area (Å²) in [6, 6.07) is 6.04. The molecule has 8 nitrogen and oxygen atoms in total. The third kappa shape index (κ3) is 6.13. The average Bonchev–Trinajstić information content (AvgIpc) is 2.80. The van der Waals surface area contributed by atoms with Crippen LogP contribution in [0, 0.1) is 11.6 Å². The number of nitrogens with zero attached hydrogens (tertiary/aromatic N) is 2. The first-order valence-electron chi connectivity index (χ1n) is 11.2. The number of amides is 2. The monoisotopic (exact) mass is 475 g/mol. The number of hydrogen-bond acceptors (Lipinski definition) is 6. The van der Waals surface area contributed by atoms with E-state index in [9.17, 15) is 23.5 Å². The van der Waals surface area contributed by atoms with E-state index in [2.05, 4.69) is 10.3 Å². The van der Waals surface area contributed by atoms with Crippen LogP contribution in [0.3, 0.4) is 0 Å². The third-order valence-corrected chi connectivity index (χ3v) is 5.99. The van der Waals surface area contributed by atoms with E-state index in [0.717, 1.165) is 6.07 Å². The molecule has 0 aliphatic carbocycles. The smallest absolute Gasteiger partial charge is 0.254 e. The normalized spacial score (nSPS) is 25.1. The Morgan fingerprint density at radius 3 is 2.59 bits per heavy atom. The Morgan fingerprint density at radius 2 is 1.85 bits per heavy atom. The van der Waals surface area contributed by atoms with E-state index in [-0.39, 0.29) is 50.6 Å². The van der Waals surface area contributed by atoms with Gasteiger partial charge < -0.3 is 24.8 Å².